The predicted octanol–water partition coefficient (Wildman–Crippen LogP) is 3.69. The van der Waals surface area contributed by atoms with E-state index in [2.05, 4.69) is 34.9 Å². The van der Waals surface area contributed by atoms with Crippen molar-refractivity contribution in [3.63, 3.8) is 0 Å². The van der Waals surface area contributed by atoms with Gasteiger partial charge < -0.3 is 25.2 Å². The molecule has 1 unspecified atom stereocenters. The largest absolute Gasteiger partial charge is 0.481 e. The number of ether oxygens (including phenoxy) is 2. The van der Waals surface area contributed by atoms with Gasteiger partial charge >= 0.3 is 12.1 Å². The van der Waals surface area contributed by atoms with Crippen LogP contribution in [0.25, 0.3) is 11.1 Å². The molecular weight excluding hydrogens is 448 g/mol. The fraction of sp³-hybridized carbons (Fsp3) is 0.444. The first kappa shape index (κ1) is 24.7. The molecule has 0 spiro atoms. The molecule has 0 bridgehead atoms. The molecule has 1 fully saturated rings. The van der Waals surface area contributed by atoms with Gasteiger partial charge in [-0.3, -0.25) is 9.59 Å². The van der Waals surface area contributed by atoms with Crippen molar-refractivity contribution >= 4 is 18.0 Å². The lowest BCUT2D eigenvalue weighted by molar-refractivity contribution is -0.138. The van der Waals surface area contributed by atoms with Crippen molar-refractivity contribution in [2.75, 3.05) is 20.3 Å². The highest BCUT2D eigenvalue weighted by atomic mass is 16.5. The minimum Gasteiger partial charge on any atom is -0.481 e. The quantitative estimate of drug-likeness (QED) is 0.478. The lowest BCUT2D eigenvalue weighted by Crippen LogP contribution is -2.50. The molecule has 1 saturated carbocycles. The standard InChI is InChI=1S/C27H32N2O6/c1-34-13-12-24(26(32)28-18-11-10-17(14-18)15-25(30)31)29-27(33)35-16-23-21-8-4-2-6-19(21)20-7-3-5-9-22(20)23/h2-9,17-18,23-24H,10-16H2,1H3,(H,28,32)(H,29,33)(H,30,31)/t17-,18+,24?/m0/s1. The summed E-state index contributed by atoms with van der Waals surface area (Å²) in [6.45, 7) is 0.464. The molecule has 8 heteroatoms. The Morgan fingerprint density at radius 3 is 2.31 bits per heavy atom. The fourth-order valence-electron chi connectivity index (χ4n) is 5.23. The summed E-state index contributed by atoms with van der Waals surface area (Å²) >= 11 is 0. The van der Waals surface area contributed by atoms with Crippen LogP contribution < -0.4 is 10.6 Å². The molecule has 2 amide bonds. The molecule has 3 N–H and O–H groups in total. The Kier molecular flexibility index (Phi) is 8.02. The molecule has 8 nitrogen and oxygen atoms in total. The summed E-state index contributed by atoms with van der Waals surface area (Å²) in [5.41, 5.74) is 4.53. The van der Waals surface area contributed by atoms with Crippen LogP contribution in [0.1, 0.15) is 49.1 Å². The van der Waals surface area contributed by atoms with Gasteiger partial charge in [-0.05, 0) is 47.4 Å². The number of amides is 2. The molecule has 0 aliphatic heterocycles. The second kappa shape index (κ2) is 11.4. The van der Waals surface area contributed by atoms with Gasteiger partial charge in [-0.2, -0.15) is 0 Å². The van der Waals surface area contributed by atoms with Crippen LogP contribution in [0.5, 0.6) is 0 Å². The van der Waals surface area contributed by atoms with E-state index in [1.807, 2.05) is 24.3 Å². The van der Waals surface area contributed by atoms with Gasteiger partial charge in [0, 0.05) is 38.5 Å². The van der Waals surface area contributed by atoms with Crippen molar-refractivity contribution < 1.29 is 29.0 Å². The van der Waals surface area contributed by atoms with E-state index >= 15 is 0 Å². The van der Waals surface area contributed by atoms with E-state index in [1.165, 1.54) is 7.11 Å². The number of nitrogens with one attached hydrogen (secondary N) is 2. The van der Waals surface area contributed by atoms with Crippen LogP contribution in [0.3, 0.4) is 0 Å². The first-order valence-electron chi connectivity index (χ1n) is 12.1. The zero-order valence-electron chi connectivity index (χ0n) is 19.9. The third-order valence-corrected chi connectivity index (χ3v) is 6.91. The van der Waals surface area contributed by atoms with E-state index in [4.69, 9.17) is 14.6 Å². The van der Waals surface area contributed by atoms with E-state index in [0.29, 0.717) is 19.4 Å². The maximum atomic E-state index is 12.9. The highest BCUT2D eigenvalue weighted by Gasteiger charge is 2.32. The molecule has 186 valence electrons. The highest BCUT2D eigenvalue weighted by Crippen LogP contribution is 2.44. The van der Waals surface area contributed by atoms with Crippen LogP contribution in [-0.4, -0.2) is 55.5 Å². The summed E-state index contributed by atoms with van der Waals surface area (Å²) in [6, 6.07) is 15.3. The summed E-state index contributed by atoms with van der Waals surface area (Å²) in [7, 11) is 1.54. The number of rotatable bonds is 10. The summed E-state index contributed by atoms with van der Waals surface area (Å²) in [6.07, 6.45) is 1.87. The zero-order valence-corrected chi connectivity index (χ0v) is 19.9. The van der Waals surface area contributed by atoms with Crippen molar-refractivity contribution in [1.29, 1.82) is 0 Å². The summed E-state index contributed by atoms with van der Waals surface area (Å²) in [4.78, 5) is 36.6. The van der Waals surface area contributed by atoms with E-state index in [9.17, 15) is 14.4 Å². The Morgan fingerprint density at radius 1 is 1.03 bits per heavy atom. The third-order valence-electron chi connectivity index (χ3n) is 6.91. The van der Waals surface area contributed by atoms with Crippen LogP contribution in [0.4, 0.5) is 4.79 Å². The predicted molar refractivity (Wildman–Crippen MR) is 130 cm³/mol. The fourth-order valence-corrected chi connectivity index (χ4v) is 5.23. The van der Waals surface area contributed by atoms with Crippen molar-refractivity contribution in [3.8, 4) is 11.1 Å². The van der Waals surface area contributed by atoms with Gasteiger partial charge in [0.25, 0.3) is 0 Å². The summed E-state index contributed by atoms with van der Waals surface area (Å²) < 4.78 is 10.7. The normalized spacial score (nSPS) is 19.5. The lowest BCUT2D eigenvalue weighted by Gasteiger charge is -2.21. The van der Waals surface area contributed by atoms with Crippen LogP contribution in [-0.2, 0) is 19.1 Å². The monoisotopic (exact) mass is 480 g/mol. The van der Waals surface area contributed by atoms with Crippen LogP contribution in [0.2, 0.25) is 0 Å². The number of aliphatic carboxylic acids is 1. The van der Waals surface area contributed by atoms with Crippen molar-refractivity contribution in [3.05, 3.63) is 59.7 Å². The molecule has 0 aromatic heterocycles. The molecule has 2 aromatic rings. The molecule has 3 atom stereocenters. The average Bonchev–Trinajstić information content (AvgIpc) is 3.41. The maximum Gasteiger partial charge on any atom is 0.407 e. The number of methoxy groups -OCH3 is 1. The molecule has 2 aliphatic rings. The van der Waals surface area contributed by atoms with Gasteiger partial charge in [0.05, 0.1) is 0 Å². The zero-order chi connectivity index (χ0) is 24.8. The van der Waals surface area contributed by atoms with Gasteiger partial charge in [-0.1, -0.05) is 48.5 Å². The Labute approximate surface area is 205 Å². The van der Waals surface area contributed by atoms with Gasteiger partial charge in [0.15, 0.2) is 0 Å². The SMILES string of the molecule is COCCC(NC(=O)OCC1c2ccccc2-c2ccccc21)C(=O)N[C@@H]1CC[C@H](CC(=O)O)C1. The Balaban J connectivity index is 1.34. The first-order chi connectivity index (χ1) is 17.0. The molecule has 2 aliphatic carbocycles. The Hall–Kier alpha value is -3.39. The number of alkyl carbamates (subject to hydrolysis) is 1. The van der Waals surface area contributed by atoms with Gasteiger partial charge in [-0.15, -0.1) is 0 Å². The van der Waals surface area contributed by atoms with E-state index in [-0.39, 0.29) is 36.8 Å². The van der Waals surface area contributed by atoms with Crippen molar-refractivity contribution in [1.82, 2.24) is 10.6 Å². The molecule has 4 rings (SSSR count). The number of carbonyl (C=O) groups excluding carboxylic acids is 2. The van der Waals surface area contributed by atoms with Crippen LogP contribution in [0.15, 0.2) is 48.5 Å². The van der Waals surface area contributed by atoms with Gasteiger partial charge in [0.2, 0.25) is 5.91 Å². The molecule has 2 aromatic carbocycles. The number of carboxylic acid groups (broad SMARTS) is 1. The maximum absolute atomic E-state index is 12.9. The third kappa shape index (κ3) is 6.00. The lowest BCUT2D eigenvalue weighted by atomic mass is 9.98. The number of benzene rings is 2. The summed E-state index contributed by atoms with van der Waals surface area (Å²) in [5.74, 6) is -1.14. The van der Waals surface area contributed by atoms with Crippen molar-refractivity contribution in [2.45, 2.75) is 50.1 Å². The van der Waals surface area contributed by atoms with Gasteiger partial charge in [-0.25, -0.2) is 4.79 Å². The van der Waals surface area contributed by atoms with Gasteiger partial charge in [0.1, 0.15) is 12.6 Å². The highest BCUT2D eigenvalue weighted by molar-refractivity contribution is 5.86. The smallest absolute Gasteiger partial charge is 0.407 e. The number of carbonyl (C=O) groups is 3. The minimum atomic E-state index is -0.822. The average molecular weight is 481 g/mol. The van der Waals surface area contributed by atoms with Crippen molar-refractivity contribution in [2.24, 2.45) is 5.92 Å². The topological polar surface area (TPSA) is 114 Å². The molecule has 0 radical (unpaired) electrons. The van der Waals surface area contributed by atoms with Crippen LogP contribution >= 0.6 is 0 Å². The molecule has 0 heterocycles. The Bertz CT molecular complexity index is 1030. The van der Waals surface area contributed by atoms with E-state index in [1.54, 1.807) is 0 Å². The van der Waals surface area contributed by atoms with E-state index < -0.39 is 18.1 Å². The Morgan fingerprint density at radius 2 is 1.69 bits per heavy atom. The molecule has 35 heavy (non-hydrogen) atoms. The minimum absolute atomic E-state index is 0.0605. The van der Waals surface area contributed by atoms with Crippen LogP contribution in [0, 0.1) is 5.92 Å². The number of hydrogen-bond acceptors (Lipinski definition) is 5. The second-order valence-corrected chi connectivity index (χ2v) is 9.29. The number of fused-ring (bicyclic) bond motifs is 3. The molecular formula is C27H32N2O6. The number of carboxylic acids is 1. The summed E-state index contributed by atoms with van der Waals surface area (Å²) in [5, 5.41) is 14.7. The second-order valence-electron chi connectivity index (χ2n) is 9.29. The molecule has 0 saturated heterocycles. The number of hydrogen-bond donors (Lipinski definition) is 3. The first-order valence-corrected chi connectivity index (χ1v) is 12.1. The van der Waals surface area contributed by atoms with E-state index in [0.717, 1.165) is 35.1 Å².